The maximum Gasteiger partial charge on any atom is 0.179 e. The Kier molecular flexibility index (Phi) is 3.93. The van der Waals surface area contributed by atoms with Crippen molar-refractivity contribution in [3.63, 3.8) is 0 Å². The van der Waals surface area contributed by atoms with E-state index in [0.29, 0.717) is 30.0 Å². The maximum atomic E-state index is 6.34. The van der Waals surface area contributed by atoms with E-state index >= 15 is 0 Å². The summed E-state index contributed by atoms with van der Waals surface area (Å²) >= 11 is 6.34. The Morgan fingerprint density at radius 1 is 1.18 bits per heavy atom. The molecule has 2 saturated heterocycles. The Hall–Kier alpha value is -0.970. The normalized spacial score (nSPS) is 29.9. The van der Waals surface area contributed by atoms with Gasteiger partial charge in [-0.05, 0) is 50.4 Å². The molecule has 0 saturated carbocycles. The summed E-state index contributed by atoms with van der Waals surface area (Å²) in [4.78, 5) is 2.47. The molecule has 0 radical (unpaired) electrons. The van der Waals surface area contributed by atoms with E-state index in [1.807, 2.05) is 6.07 Å². The number of fused-ring (bicyclic) bond motifs is 3. The molecule has 3 aliphatic heterocycles. The summed E-state index contributed by atoms with van der Waals surface area (Å²) in [5.41, 5.74) is 1.20. The van der Waals surface area contributed by atoms with Crippen LogP contribution in [0.4, 0.5) is 0 Å². The zero-order valence-electron chi connectivity index (χ0n) is 13.0. The van der Waals surface area contributed by atoms with Gasteiger partial charge in [0.2, 0.25) is 0 Å². The number of rotatable bonds is 3. The van der Waals surface area contributed by atoms with Gasteiger partial charge in [-0.15, -0.1) is 0 Å². The van der Waals surface area contributed by atoms with Gasteiger partial charge in [-0.2, -0.15) is 0 Å². The van der Waals surface area contributed by atoms with Crippen LogP contribution in [-0.4, -0.2) is 43.3 Å². The van der Waals surface area contributed by atoms with Gasteiger partial charge in [0.05, 0.1) is 5.02 Å². The second-order valence-electron chi connectivity index (χ2n) is 6.78. The molecular weight excluding hydrogens is 300 g/mol. The van der Waals surface area contributed by atoms with Crippen LogP contribution in [0.3, 0.4) is 0 Å². The van der Waals surface area contributed by atoms with E-state index in [-0.39, 0.29) is 0 Å². The molecule has 2 fully saturated rings. The number of nitrogens with one attached hydrogen (secondary N) is 1. The maximum absolute atomic E-state index is 6.34. The average Bonchev–Trinajstić information content (AvgIpc) is 2.85. The average molecular weight is 323 g/mol. The third-order valence-corrected chi connectivity index (χ3v) is 5.44. The van der Waals surface area contributed by atoms with Gasteiger partial charge in [-0.1, -0.05) is 11.6 Å². The van der Waals surface area contributed by atoms with Crippen LogP contribution in [0, 0.1) is 0 Å². The highest BCUT2D eigenvalue weighted by molar-refractivity contribution is 6.32. The Morgan fingerprint density at radius 2 is 1.91 bits per heavy atom. The summed E-state index contributed by atoms with van der Waals surface area (Å²) in [6.45, 7) is 2.07. The fourth-order valence-corrected chi connectivity index (χ4v) is 4.35. The first-order valence-electron chi connectivity index (χ1n) is 8.23. The fourth-order valence-electron chi connectivity index (χ4n) is 4.06. The summed E-state index contributed by atoms with van der Waals surface area (Å²) in [5.74, 6) is 1.48. The molecule has 1 aromatic carbocycles. The fraction of sp³-hybridized carbons (Fsp3) is 0.647. The van der Waals surface area contributed by atoms with Crippen molar-refractivity contribution in [3.8, 4) is 11.5 Å². The second-order valence-corrected chi connectivity index (χ2v) is 7.19. The van der Waals surface area contributed by atoms with Gasteiger partial charge in [0, 0.05) is 24.7 Å². The van der Waals surface area contributed by atoms with Crippen LogP contribution in [0.2, 0.25) is 5.02 Å². The molecule has 2 unspecified atom stereocenters. The molecule has 2 atom stereocenters. The lowest BCUT2D eigenvalue weighted by molar-refractivity contribution is 0.162. The van der Waals surface area contributed by atoms with E-state index < -0.39 is 0 Å². The number of benzene rings is 1. The van der Waals surface area contributed by atoms with Gasteiger partial charge in [0.15, 0.2) is 11.5 Å². The first-order chi connectivity index (χ1) is 10.7. The van der Waals surface area contributed by atoms with Crippen LogP contribution in [-0.2, 0) is 6.54 Å². The molecule has 0 spiro atoms. The van der Waals surface area contributed by atoms with Crippen LogP contribution < -0.4 is 14.8 Å². The number of hydrogen-bond acceptors (Lipinski definition) is 4. The van der Waals surface area contributed by atoms with Crippen LogP contribution in [0.25, 0.3) is 0 Å². The number of hydrogen-bond donors (Lipinski definition) is 1. The van der Waals surface area contributed by atoms with Gasteiger partial charge < -0.3 is 14.8 Å². The quantitative estimate of drug-likeness (QED) is 0.928. The number of nitrogens with zero attached hydrogens (tertiary/aromatic N) is 1. The molecule has 1 aromatic rings. The summed E-state index contributed by atoms with van der Waals surface area (Å²) < 4.78 is 11.3. The van der Waals surface area contributed by atoms with Crippen molar-refractivity contribution in [2.24, 2.45) is 0 Å². The van der Waals surface area contributed by atoms with E-state index in [1.54, 1.807) is 0 Å². The molecular formula is C17H23ClN2O2. The third kappa shape index (κ3) is 2.80. The van der Waals surface area contributed by atoms with E-state index in [1.165, 1.54) is 31.2 Å². The Labute approximate surface area is 136 Å². The van der Waals surface area contributed by atoms with Crippen molar-refractivity contribution in [2.45, 2.75) is 50.4 Å². The Morgan fingerprint density at radius 3 is 2.68 bits per heavy atom. The number of piperidine rings is 1. The molecule has 3 heterocycles. The summed E-state index contributed by atoms with van der Waals surface area (Å²) in [7, 11) is 2.22. The molecule has 0 amide bonds. The molecule has 5 heteroatoms. The van der Waals surface area contributed by atoms with E-state index in [2.05, 4.69) is 23.3 Å². The van der Waals surface area contributed by atoms with Crippen LogP contribution in [0.15, 0.2) is 12.1 Å². The van der Waals surface area contributed by atoms with Crippen LogP contribution in [0.1, 0.15) is 31.2 Å². The van der Waals surface area contributed by atoms with Crippen molar-refractivity contribution in [1.82, 2.24) is 10.2 Å². The SMILES string of the molecule is CN(Cc1cc(Cl)c2c(c1)OCCO2)C1CC2CCC(C1)N2. The van der Waals surface area contributed by atoms with Gasteiger partial charge in [-0.3, -0.25) is 4.90 Å². The van der Waals surface area contributed by atoms with Gasteiger partial charge in [0.25, 0.3) is 0 Å². The predicted octanol–water partition coefficient (Wildman–Crippen LogP) is 2.83. The highest BCUT2D eigenvalue weighted by atomic mass is 35.5. The van der Waals surface area contributed by atoms with Crippen molar-refractivity contribution in [1.29, 1.82) is 0 Å². The van der Waals surface area contributed by atoms with E-state index in [9.17, 15) is 0 Å². The zero-order chi connectivity index (χ0) is 15.1. The molecule has 0 aromatic heterocycles. The molecule has 1 N–H and O–H groups in total. The zero-order valence-corrected chi connectivity index (χ0v) is 13.7. The molecule has 120 valence electrons. The number of halogens is 1. The topological polar surface area (TPSA) is 33.7 Å². The molecule has 22 heavy (non-hydrogen) atoms. The van der Waals surface area contributed by atoms with E-state index in [4.69, 9.17) is 21.1 Å². The lowest BCUT2D eigenvalue weighted by atomic mass is 9.98. The molecule has 0 aliphatic carbocycles. The minimum atomic E-state index is 0.573. The van der Waals surface area contributed by atoms with Gasteiger partial charge in [-0.25, -0.2) is 0 Å². The largest absolute Gasteiger partial charge is 0.486 e. The molecule has 3 aliphatic rings. The van der Waals surface area contributed by atoms with Gasteiger partial charge in [0.1, 0.15) is 13.2 Å². The molecule has 4 nitrogen and oxygen atoms in total. The smallest absolute Gasteiger partial charge is 0.179 e. The highest BCUT2D eigenvalue weighted by Gasteiger charge is 2.35. The number of ether oxygens (including phenoxy) is 2. The first kappa shape index (κ1) is 14.6. The summed E-state index contributed by atoms with van der Waals surface area (Å²) in [6, 6.07) is 6.18. The Bertz CT molecular complexity index is 554. The highest BCUT2D eigenvalue weighted by Crippen LogP contribution is 2.39. The minimum Gasteiger partial charge on any atom is -0.486 e. The van der Waals surface area contributed by atoms with Crippen molar-refractivity contribution >= 4 is 11.6 Å². The van der Waals surface area contributed by atoms with Crippen LogP contribution in [0.5, 0.6) is 11.5 Å². The molecule has 2 bridgehead atoms. The minimum absolute atomic E-state index is 0.573. The summed E-state index contributed by atoms with van der Waals surface area (Å²) in [6.07, 6.45) is 5.19. The first-order valence-corrected chi connectivity index (χ1v) is 8.61. The molecule has 4 rings (SSSR count). The van der Waals surface area contributed by atoms with Crippen LogP contribution >= 0.6 is 11.6 Å². The van der Waals surface area contributed by atoms with Crippen molar-refractivity contribution in [3.05, 3.63) is 22.7 Å². The summed E-state index contributed by atoms with van der Waals surface area (Å²) in [5, 5.41) is 4.36. The lowest BCUT2D eigenvalue weighted by Crippen LogP contribution is -2.46. The third-order valence-electron chi connectivity index (χ3n) is 5.16. The van der Waals surface area contributed by atoms with Crippen molar-refractivity contribution < 1.29 is 9.47 Å². The lowest BCUT2D eigenvalue weighted by Gasteiger charge is -2.35. The van der Waals surface area contributed by atoms with Gasteiger partial charge >= 0.3 is 0 Å². The second kappa shape index (κ2) is 5.91. The van der Waals surface area contributed by atoms with Crippen molar-refractivity contribution in [2.75, 3.05) is 20.3 Å². The monoisotopic (exact) mass is 322 g/mol. The predicted molar refractivity (Wildman–Crippen MR) is 86.9 cm³/mol. The Balaban J connectivity index is 1.47. The standard InChI is InChI=1S/C17H23ClN2O2/c1-20(14-8-12-2-3-13(9-14)19-12)10-11-6-15(18)17-16(7-11)21-4-5-22-17/h6-7,12-14,19H,2-5,8-10H2,1H3. The van der Waals surface area contributed by atoms with E-state index in [0.717, 1.165) is 24.4 Å².